The Kier molecular flexibility index (Phi) is 2.72. The third-order valence-corrected chi connectivity index (χ3v) is 2.53. The second-order valence-electron chi connectivity index (χ2n) is 3.56. The van der Waals surface area contributed by atoms with Crippen molar-refractivity contribution in [1.29, 1.82) is 0 Å². The minimum absolute atomic E-state index is 0.233. The highest BCUT2D eigenvalue weighted by atomic mass is 16.1. The van der Waals surface area contributed by atoms with Gasteiger partial charge in [0.15, 0.2) is 0 Å². The van der Waals surface area contributed by atoms with Crippen LogP contribution in [0, 0.1) is 0 Å². The summed E-state index contributed by atoms with van der Waals surface area (Å²) in [6.45, 7) is 2.07. The number of pyridine rings is 2. The van der Waals surface area contributed by atoms with Crippen molar-refractivity contribution >= 4 is 5.69 Å². The molecule has 0 aliphatic heterocycles. The van der Waals surface area contributed by atoms with Crippen LogP contribution in [0.4, 0.5) is 5.69 Å². The highest BCUT2D eigenvalue weighted by Crippen LogP contribution is 2.22. The Labute approximate surface area is 93.2 Å². The summed E-state index contributed by atoms with van der Waals surface area (Å²) in [6, 6.07) is 3.61. The van der Waals surface area contributed by atoms with E-state index in [4.69, 9.17) is 5.73 Å². The minimum atomic E-state index is -0.254. The zero-order valence-corrected chi connectivity index (χ0v) is 9.03. The molecule has 4 nitrogen and oxygen atoms in total. The van der Waals surface area contributed by atoms with Crippen LogP contribution in [0.15, 0.2) is 35.5 Å². The lowest BCUT2D eigenvalue weighted by molar-refractivity contribution is 1.10. The Morgan fingerprint density at radius 3 is 3.00 bits per heavy atom. The number of hydrogen-bond acceptors (Lipinski definition) is 3. The Hall–Kier alpha value is -2.10. The maximum atomic E-state index is 11.2. The van der Waals surface area contributed by atoms with E-state index >= 15 is 0 Å². The smallest absolute Gasteiger partial charge is 0.271 e. The number of H-pyrrole nitrogens is 1. The Morgan fingerprint density at radius 1 is 1.50 bits per heavy atom. The molecule has 82 valence electrons. The fourth-order valence-corrected chi connectivity index (χ4v) is 1.65. The lowest BCUT2D eigenvalue weighted by atomic mass is 10.0. The molecular weight excluding hydrogens is 202 g/mol. The fraction of sp³-hybridized carbons (Fsp3) is 0.167. The van der Waals surface area contributed by atoms with Gasteiger partial charge in [-0.1, -0.05) is 6.92 Å². The van der Waals surface area contributed by atoms with Gasteiger partial charge >= 0.3 is 0 Å². The lowest BCUT2D eigenvalue weighted by Crippen LogP contribution is -2.10. The van der Waals surface area contributed by atoms with E-state index in [1.165, 1.54) is 0 Å². The molecule has 0 aromatic carbocycles. The van der Waals surface area contributed by atoms with Crippen molar-refractivity contribution in [3.05, 3.63) is 46.6 Å². The summed E-state index contributed by atoms with van der Waals surface area (Å²) in [4.78, 5) is 17.9. The zero-order valence-electron chi connectivity index (χ0n) is 9.03. The molecule has 0 amide bonds. The van der Waals surface area contributed by atoms with Crippen molar-refractivity contribution in [2.24, 2.45) is 0 Å². The molecule has 0 aliphatic carbocycles. The van der Waals surface area contributed by atoms with E-state index in [-0.39, 0.29) is 11.2 Å². The number of aryl methyl sites for hydroxylation is 1. The van der Waals surface area contributed by atoms with Gasteiger partial charge in [0.2, 0.25) is 0 Å². The standard InChI is InChI=1S/C12H13N3O/c1-2-8-6-14-4-3-10(8)9-5-11(13)12(16)15-7-9/h3-7H,2,13H2,1H3,(H,15,16). The summed E-state index contributed by atoms with van der Waals surface area (Å²) >= 11 is 0. The number of aromatic nitrogens is 2. The van der Waals surface area contributed by atoms with Crippen LogP contribution in [0.1, 0.15) is 12.5 Å². The largest absolute Gasteiger partial charge is 0.394 e. The first-order valence-electron chi connectivity index (χ1n) is 5.14. The van der Waals surface area contributed by atoms with Crippen LogP contribution in [0.3, 0.4) is 0 Å². The van der Waals surface area contributed by atoms with Gasteiger partial charge in [-0.05, 0) is 29.7 Å². The summed E-state index contributed by atoms with van der Waals surface area (Å²) in [7, 11) is 0. The summed E-state index contributed by atoms with van der Waals surface area (Å²) in [5.41, 5.74) is 8.67. The zero-order chi connectivity index (χ0) is 11.5. The van der Waals surface area contributed by atoms with E-state index in [1.54, 1.807) is 18.5 Å². The molecule has 0 saturated carbocycles. The van der Waals surface area contributed by atoms with Crippen molar-refractivity contribution in [2.45, 2.75) is 13.3 Å². The first kappa shape index (κ1) is 10.4. The van der Waals surface area contributed by atoms with Gasteiger partial charge in [0.25, 0.3) is 5.56 Å². The fourth-order valence-electron chi connectivity index (χ4n) is 1.65. The maximum absolute atomic E-state index is 11.2. The molecule has 0 saturated heterocycles. The summed E-state index contributed by atoms with van der Waals surface area (Å²) in [6.07, 6.45) is 6.13. The number of nitrogens with one attached hydrogen (secondary N) is 1. The van der Waals surface area contributed by atoms with Gasteiger partial charge in [-0.15, -0.1) is 0 Å². The number of rotatable bonds is 2. The van der Waals surface area contributed by atoms with Gasteiger partial charge in [0, 0.05) is 24.2 Å². The van der Waals surface area contributed by atoms with E-state index in [0.717, 1.165) is 23.1 Å². The van der Waals surface area contributed by atoms with E-state index in [0.29, 0.717) is 0 Å². The first-order valence-corrected chi connectivity index (χ1v) is 5.14. The van der Waals surface area contributed by atoms with E-state index in [1.807, 2.05) is 12.3 Å². The molecular formula is C12H13N3O. The number of nitrogens with zero attached hydrogens (tertiary/aromatic N) is 1. The molecule has 2 rings (SSSR count). The van der Waals surface area contributed by atoms with E-state index in [9.17, 15) is 4.79 Å². The van der Waals surface area contributed by atoms with Crippen LogP contribution in [0.5, 0.6) is 0 Å². The van der Waals surface area contributed by atoms with Crippen LogP contribution < -0.4 is 11.3 Å². The third-order valence-electron chi connectivity index (χ3n) is 2.53. The predicted octanol–water partition coefficient (Wildman–Crippen LogP) is 1.58. The number of nitrogen functional groups attached to an aromatic ring is 1. The van der Waals surface area contributed by atoms with Crippen molar-refractivity contribution in [1.82, 2.24) is 9.97 Å². The monoisotopic (exact) mass is 215 g/mol. The van der Waals surface area contributed by atoms with Gasteiger partial charge < -0.3 is 10.7 Å². The molecule has 0 atom stereocenters. The SMILES string of the molecule is CCc1cnccc1-c1c[nH]c(=O)c(N)c1. The predicted molar refractivity (Wildman–Crippen MR) is 64.1 cm³/mol. The van der Waals surface area contributed by atoms with Crippen LogP contribution >= 0.6 is 0 Å². The molecule has 0 unspecified atom stereocenters. The van der Waals surface area contributed by atoms with Gasteiger partial charge in [-0.25, -0.2) is 0 Å². The molecule has 4 heteroatoms. The van der Waals surface area contributed by atoms with Gasteiger partial charge in [0.05, 0.1) is 5.69 Å². The topological polar surface area (TPSA) is 71.8 Å². The van der Waals surface area contributed by atoms with Gasteiger partial charge in [-0.3, -0.25) is 9.78 Å². The van der Waals surface area contributed by atoms with Gasteiger partial charge in [-0.2, -0.15) is 0 Å². The van der Waals surface area contributed by atoms with Crippen molar-refractivity contribution < 1.29 is 0 Å². The molecule has 0 radical (unpaired) electrons. The molecule has 2 aromatic heterocycles. The number of hydrogen-bond donors (Lipinski definition) is 2. The van der Waals surface area contributed by atoms with Gasteiger partial charge in [0.1, 0.15) is 0 Å². The minimum Gasteiger partial charge on any atom is -0.394 e. The normalized spacial score (nSPS) is 10.3. The average Bonchev–Trinajstić information content (AvgIpc) is 2.32. The van der Waals surface area contributed by atoms with Crippen LogP contribution in [-0.2, 0) is 6.42 Å². The molecule has 0 fully saturated rings. The highest BCUT2D eigenvalue weighted by Gasteiger charge is 2.05. The van der Waals surface area contributed by atoms with E-state index < -0.39 is 0 Å². The molecule has 3 N–H and O–H groups in total. The quantitative estimate of drug-likeness (QED) is 0.798. The Balaban J connectivity index is 2.58. The van der Waals surface area contributed by atoms with Crippen molar-refractivity contribution in [3.8, 4) is 11.1 Å². The lowest BCUT2D eigenvalue weighted by Gasteiger charge is -2.07. The Bertz CT molecular complexity index is 560. The van der Waals surface area contributed by atoms with Crippen LogP contribution in [-0.4, -0.2) is 9.97 Å². The van der Waals surface area contributed by atoms with Crippen molar-refractivity contribution in [2.75, 3.05) is 5.73 Å². The average molecular weight is 215 g/mol. The second-order valence-corrected chi connectivity index (χ2v) is 3.56. The molecule has 2 aromatic rings. The maximum Gasteiger partial charge on any atom is 0.271 e. The molecule has 0 bridgehead atoms. The van der Waals surface area contributed by atoms with Crippen LogP contribution in [0.25, 0.3) is 11.1 Å². The number of anilines is 1. The number of nitrogens with two attached hydrogens (primary N) is 1. The third kappa shape index (κ3) is 1.82. The molecule has 0 aliphatic rings. The first-order chi connectivity index (χ1) is 7.72. The van der Waals surface area contributed by atoms with Crippen molar-refractivity contribution in [3.63, 3.8) is 0 Å². The van der Waals surface area contributed by atoms with E-state index in [2.05, 4.69) is 16.9 Å². The second kappa shape index (κ2) is 4.18. The summed E-state index contributed by atoms with van der Waals surface area (Å²) in [5.74, 6) is 0. The summed E-state index contributed by atoms with van der Waals surface area (Å²) < 4.78 is 0. The molecule has 16 heavy (non-hydrogen) atoms. The highest BCUT2D eigenvalue weighted by molar-refractivity contribution is 5.68. The van der Waals surface area contributed by atoms with Crippen LogP contribution in [0.2, 0.25) is 0 Å². The molecule has 2 heterocycles. The Morgan fingerprint density at radius 2 is 2.31 bits per heavy atom. The molecule has 0 spiro atoms. The summed E-state index contributed by atoms with van der Waals surface area (Å²) in [5, 5.41) is 0. The number of aromatic amines is 1.